The van der Waals surface area contributed by atoms with Gasteiger partial charge in [-0.1, -0.05) is 12.1 Å². The average Bonchev–Trinajstić information content (AvgIpc) is 2.80. The number of methoxy groups -OCH3 is 1. The Morgan fingerprint density at radius 2 is 1.69 bits per heavy atom. The van der Waals surface area contributed by atoms with E-state index >= 15 is 0 Å². The minimum atomic E-state index is -3.61. The first-order valence-corrected chi connectivity index (χ1v) is 11.5. The van der Waals surface area contributed by atoms with Crippen LogP contribution in [-0.4, -0.2) is 64.1 Å². The van der Waals surface area contributed by atoms with Crippen molar-refractivity contribution in [3.05, 3.63) is 59.7 Å². The number of carbonyl (C=O) groups excluding carboxylic acids is 2. The van der Waals surface area contributed by atoms with E-state index in [-0.39, 0.29) is 4.90 Å². The Morgan fingerprint density at radius 1 is 1.06 bits per heavy atom. The van der Waals surface area contributed by atoms with E-state index in [4.69, 9.17) is 14.2 Å². The molecule has 0 spiro atoms. The van der Waals surface area contributed by atoms with E-state index in [0.29, 0.717) is 44.2 Å². The number of hydrogen-bond donors (Lipinski definition) is 1. The van der Waals surface area contributed by atoms with E-state index in [0.717, 1.165) is 5.56 Å². The van der Waals surface area contributed by atoms with Gasteiger partial charge < -0.3 is 19.5 Å². The summed E-state index contributed by atoms with van der Waals surface area (Å²) in [5, 5.41) is 2.62. The number of amides is 1. The molecule has 0 aromatic heterocycles. The van der Waals surface area contributed by atoms with Gasteiger partial charge in [0.1, 0.15) is 0 Å². The topological polar surface area (TPSA) is 111 Å². The molecule has 3 rings (SSSR count). The Morgan fingerprint density at radius 3 is 2.28 bits per heavy atom. The molecule has 10 heteroatoms. The van der Waals surface area contributed by atoms with Gasteiger partial charge in [0.2, 0.25) is 10.0 Å². The van der Waals surface area contributed by atoms with E-state index in [1.54, 1.807) is 31.4 Å². The number of rotatable bonds is 8. The summed E-state index contributed by atoms with van der Waals surface area (Å²) < 4.78 is 42.1. The minimum Gasteiger partial charge on any atom is -0.449 e. The number of sulfonamides is 1. The third-order valence-electron chi connectivity index (χ3n) is 4.88. The Kier molecular flexibility index (Phi) is 7.97. The molecule has 172 valence electrons. The van der Waals surface area contributed by atoms with Crippen LogP contribution in [0.5, 0.6) is 0 Å². The summed E-state index contributed by atoms with van der Waals surface area (Å²) in [6.45, 7) is 3.23. The zero-order valence-electron chi connectivity index (χ0n) is 17.9. The fraction of sp³-hybridized carbons (Fsp3) is 0.364. The number of hydrogen-bond acceptors (Lipinski definition) is 7. The molecule has 1 heterocycles. The fourth-order valence-electron chi connectivity index (χ4n) is 3.08. The lowest BCUT2D eigenvalue weighted by Crippen LogP contribution is -2.40. The number of morpholine rings is 1. The highest BCUT2D eigenvalue weighted by atomic mass is 32.2. The highest BCUT2D eigenvalue weighted by Gasteiger charge is 2.26. The van der Waals surface area contributed by atoms with Gasteiger partial charge in [-0.15, -0.1) is 0 Å². The van der Waals surface area contributed by atoms with Gasteiger partial charge in [0, 0.05) is 25.9 Å². The maximum Gasteiger partial charge on any atom is 0.338 e. The van der Waals surface area contributed by atoms with E-state index in [1.165, 1.54) is 35.5 Å². The molecular weight excluding hydrogens is 436 g/mol. The number of ether oxygens (including phenoxy) is 3. The van der Waals surface area contributed by atoms with Crippen molar-refractivity contribution in [1.29, 1.82) is 0 Å². The molecule has 32 heavy (non-hydrogen) atoms. The molecule has 1 saturated heterocycles. The lowest BCUT2D eigenvalue weighted by Gasteiger charge is -2.26. The molecule has 1 unspecified atom stereocenters. The van der Waals surface area contributed by atoms with Gasteiger partial charge >= 0.3 is 5.97 Å². The van der Waals surface area contributed by atoms with Crippen LogP contribution in [0.4, 0.5) is 5.69 Å². The lowest BCUT2D eigenvalue weighted by atomic mass is 10.1. The Hall–Kier alpha value is -2.79. The van der Waals surface area contributed by atoms with E-state index < -0.39 is 28.0 Å². The molecule has 1 N–H and O–H groups in total. The van der Waals surface area contributed by atoms with Gasteiger partial charge in [-0.2, -0.15) is 4.31 Å². The highest BCUT2D eigenvalue weighted by Crippen LogP contribution is 2.20. The van der Waals surface area contributed by atoms with Crippen LogP contribution in [0.1, 0.15) is 22.8 Å². The smallest absolute Gasteiger partial charge is 0.338 e. The van der Waals surface area contributed by atoms with Crippen molar-refractivity contribution in [2.75, 3.05) is 38.7 Å². The van der Waals surface area contributed by atoms with Gasteiger partial charge in [-0.3, -0.25) is 4.79 Å². The van der Waals surface area contributed by atoms with Crippen molar-refractivity contribution in [3.8, 4) is 0 Å². The average molecular weight is 463 g/mol. The first-order valence-electron chi connectivity index (χ1n) is 10.1. The van der Waals surface area contributed by atoms with Crippen LogP contribution in [-0.2, 0) is 35.6 Å². The zero-order chi connectivity index (χ0) is 23.1. The largest absolute Gasteiger partial charge is 0.449 e. The predicted octanol–water partition coefficient (Wildman–Crippen LogP) is 2.04. The van der Waals surface area contributed by atoms with Gasteiger partial charge in [-0.25, -0.2) is 13.2 Å². The van der Waals surface area contributed by atoms with Gasteiger partial charge in [-0.05, 0) is 48.9 Å². The quantitative estimate of drug-likeness (QED) is 0.598. The Labute approximate surface area is 187 Å². The summed E-state index contributed by atoms with van der Waals surface area (Å²) in [4.78, 5) is 24.8. The maximum atomic E-state index is 12.7. The van der Waals surface area contributed by atoms with Crippen LogP contribution in [0.25, 0.3) is 0 Å². The van der Waals surface area contributed by atoms with Crippen molar-refractivity contribution in [2.24, 2.45) is 0 Å². The molecule has 1 aliphatic heterocycles. The summed E-state index contributed by atoms with van der Waals surface area (Å²) >= 11 is 0. The van der Waals surface area contributed by atoms with Crippen LogP contribution >= 0.6 is 0 Å². The molecule has 2 aromatic rings. The first-order chi connectivity index (χ1) is 15.3. The normalized spacial score (nSPS) is 15.7. The van der Waals surface area contributed by atoms with Crippen LogP contribution in [0.2, 0.25) is 0 Å². The summed E-state index contributed by atoms with van der Waals surface area (Å²) in [5.41, 5.74) is 1.62. The summed E-state index contributed by atoms with van der Waals surface area (Å²) in [5.74, 6) is -1.15. The first kappa shape index (κ1) is 23.9. The molecule has 1 atom stereocenters. The standard InChI is InChI=1S/C22H26N2O7S/c1-16(31-22(26)18-5-3-17(4-6-18)15-29-2)21(25)23-19-7-9-20(10-8-19)32(27,28)24-11-13-30-14-12-24/h3-10,16H,11-15H2,1-2H3,(H,23,25). The number of carbonyl (C=O) groups is 2. The van der Waals surface area contributed by atoms with Crippen molar-refractivity contribution in [2.45, 2.75) is 24.5 Å². The van der Waals surface area contributed by atoms with Crippen molar-refractivity contribution >= 4 is 27.6 Å². The lowest BCUT2D eigenvalue weighted by molar-refractivity contribution is -0.123. The molecule has 1 amide bonds. The van der Waals surface area contributed by atoms with Crippen molar-refractivity contribution in [1.82, 2.24) is 4.31 Å². The third kappa shape index (κ3) is 5.92. The van der Waals surface area contributed by atoms with Crippen LogP contribution in [0.15, 0.2) is 53.4 Å². The second-order valence-electron chi connectivity index (χ2n) is 7.21. The molecule has 9 nitrogen and oxygen atoms in total. The SMILES string of the molecule is COCc1ccc(C(=O)OC(C)C(=O)Nc2ccc(S(=O)(=O)N3CCOCC3)cc2)cc1. The van der Waals surface area contributed by atoms with E-state index in [1.807, 2.05) is 0 Å². The molecule has 2 aromatic carbocycles. The number of esters is 1. The number of anilines is 1. The molecule has 0 saturated carbocycles. The van der Waals surface area contributed by atoms with E-state index in [2.05, 4.69) is 5.32 Å². The van der Waals surface area contributed by atoms with Gasteiger partial charge in [0.15, 0.2) is 6.10 Å². The second-order valence-corrected chi connectivity index (χ2v) is 9.15. The number of nitrogens with zero attached hydrogens (tertiary/aromatic N) is 1. The third-order valence-corrected chi connectivity index (χ3v) is 6.80. The Bertz CT molecular complexity index is 1030. The predicted molar refractivity (Wildman–Crippen MR) is 117 cm³/mol. The van der Waals surface area contributed by atoms with Gasteiger partial charge in [0.25, 0.3) is 5.91 Å². The summed E-state index contributed by atoms with van der Waals surface area (Å²) in [7, 11) is -2.03. The molecule has 0 aliphatic carbocycles. The highest BCUT2D eigenvalue weighted by molar-refractivity contribution is 7.89. The minimum absolute atomic E-state index is 0.133. The van der Waals surface area contributed by atoms with Crippen molar-refractivity contribution < 1.29 is 32.2 Å². The van der Waals surface area contributed by atoms with Crippen LogP contribution in [0, 0.1) is 0 Å². The second kappa shape index (κ2) is 10.7. The van der Waals surface area contributed by atoms with E-state index in [9.17, 15) is 18.0 Å². The number of nitrogens with one attached hydrogen (secondary N) is 1. The van der Waals surface area contributed by atoms with Crippen molar-refractivity contribution in [3.63, 3.8) is 0 Å². The fourth-order valence-corrected chi connectivity index (χ4v) is 4.48. The maximum absolute atomic E-state index is 12.7. The Balaban J connectivity index is 1.57. The molecule has 1 fully saturated rings. The monoisotopic (exact) mass is 462 g/mol. The summed E-state index contributed by atoms with van der Waals surface area (Å²) in [6.07, 6.45) is -1.04. The molecule has 0 bridgehead atoms. The number of benzene rings is 2. The van der Waals surface area contributed by atoms with Crippen LogP contribution in [0.3, 0.4) is 0 Å². The molecule has 1 aliphatic rings. The molecule has 0 radical (unpaired) electrons. The molecular formula is C22H26N2O7S. The summed E-state index contributed by atoms with van der Waals surface area (Å²) in [6, 6.07) is 12.6. The van der Waals surface area contributed by atoms with Gasteiger partial charge in [0.05, 0.1) is 30.3 Å². The zero-order valence-corrected chi connectivity index (χ0v) is 18.8. The van der Waals surface area contributed by atoms with Crippen LogP contribution < -0.4 is 5.32 Å².